The predicted octanol–water partition coefficient (Wildman–Crippen LogP) is 4.32. The Balaban J connectivity index is 1.53. The van der Waals surface area contributed by atoms with E-state index in [1.54, 1.807) is 24.3 Å². The van der Waals surface area contributed by atoms with Crippen LogP contribution >= 0.6 is 15.9 Å². The number of carbonyl (C=O) groups is 1. The molecule has 1 aliphatic rings. The van der Waals surface area contributed by atoms with E-state index in [0.717, 1.165) is 10.5 Å². The summed E-state index contributed by atoms with van der Waals surface area (Å²) in [6, 6.07) is 9.08. The number of nitrogens with two attached hydrogens (primary N) is 1. The van der Waals surface area contributed by atoms with Crippen molar-refractivity contribution < 1.29 is 18.0 Å². The zero-order chi connectivity index (χ0) is 21.5. The number of nitrogens with one attached hydrogen (secondary N) is 1. The molecule has 1 fully saturated rings. The summed E-state index contributed by atoms with van der Waals surface area (Å²) in [5.74, 6) is -0.0511. The molecule has 0 bridgehead atoms. The Hall–Kier alpha value is -3.01. The topological polar surface area (TPSA) is 93.8 Å². The molecule has 0 atom stereocenters. The molecule has 154 valence electrons. The summed E-state index contributed by atoms with van der Waals surface area (Å²) >= 11 is 3.33. The van der Waals surface area contributed by atoms with E-state index < -0.39 is 17.4 Å². The number of carbonyl (C=O) groups excluding carboxylic acids is 1. The van der Waals surface area contributed by atoms with Crippen molar-refractivity contribution >= 4 is 27.7 Å². The summed E-state index contributed by atoms with van der Waals surface area (Å²) < 4.78 is 39.2. The molecule has 0 saturated heterocycles. The normalized spacial score (nSPS) is 14.9. The standard InChI is InChI=1S/C20H15BrF3N5O/c21-13-3-1-11(2-4-13)17(30)29-19(7-8-19)18-26-9-12(10-27-18)14-5-6-15(20(22,23)24)28-16(14)25/h1-6,9-10H,7-8H2,(H2,25,28)(H,29,30). The number of aromatic nitrogens is 3. The number of pyridine rings is 1. The van der Waals surface area contributed by atoms with Gasteiger partial charge in [-0.1, -0.05) is 15.9 Å². The highest BCUT2D eigenvalue weighted by molar-refractivity contribution is 9.10. The third-order valence-corrected chi connectivity index (χ3v) is 5.34. The van der Waals surface area contributed by atoms with Crippen molar-refractivity contribution in [1.29, 1.82) is 0 Å². The van der Waals surface area contributed by atoms with Gasteiger partial charge in [-0.15, -0.1) is 0 Å². The molecule has 3 N–H and O–H groups in total. The van der Waals surface area contributed by atoms with Crippen LogP contribution in [-0.4, -0.2) is 20.9 Å². The number of amides is 1. The van der Waals surface area contributed by atoms with Crippen LogP contribution in [0.5, 0.6) is 0 Å². The summed E-state index contributed by atoms with van der Waals surface area (Å²) in [6.45, 7) is 0. The first-order valence-electron chi connectivity index (χ1n) is 8.93. The minimum atomic E-state index is -4.57. The molecule has 0 spiro atoms. The van der Waals surface area contributed by atoms with Crippen LogP contribution in [0.4, 0.5) is 19.0 Å². The van der Waals surface area contributed by atoms with Crippen molar-refractivity contribution in [2.75, 3.05) is 5.73 Å². The Labute approximate surface area is 177 Å². The highest BCUT2D eigenvalue weighted by Crippen LogP contribution is 2.44. The van der Waals surface area contributed by atoms with Crippen LogP contribution in [0.1, 0.15) is 34.7 Å². The molecule has 0 radical (unpaired) electrons. The van der Waals surface area contributed by atoms with Gasteiger partial charge in [0.15, 0.2) is 5.82 Å². The van der Waals surface area contributed by atoms with E-state index >= 15 is 0 Å². The van der Waals surface area contributed by atoms with Gasteiger partial charge in [-0.3, -0.25) is 4.79 Å². The molecule has 0 aliphatic heterocycles. The smallest absolute Gasteiger partial charge is 0.383 e. The molecule has 3 aromatic rings. The van der Waals surface area contributed by atoms with Crippen LogP contribution in [0, 0.1) is 0 Å². The highest BCUT2D eigenvalue weighted by atomic mass is 79.9. The minimum Gasteiger partial charge on any atom is -0.383 e. The number of benzene rings is 1. The van der Waals surface area contributed by atoms with Crippen LogP contribution in [-0.2, 0) is 11.7 Å². The lowest BCUT2D eigenvalue weighted by Crippen LogP contribution is -2.36. The maximum Gasteiger partial charge on any atom is 0.433 e. The van der Waals surface area contributed by atoms with Gasteiger partial charge >= 0.3 is 6.18 Å². The largest absolute Gasteiger partial charge is 0.433 e. The van der Waals surface area contributed by atoms with Gasteiger partial charge in [0.25, 0.3) is 5.91 Å². The third-order valence-electron chi connectivity index (χ3n) is 4.82. The molecule has 30 heavy (non-hydrogen) atoms. The van der Waals surface area contributed by atoms with Gasteiger partial charge in [0.1, 0.15) is 17.1 Å². The lowest BCUT2D eigenvalue weighted by molar-refractivity contribution is -0.141. The molecular weight excluding hydrogens is 463 g/mol. The van der Waals surface area contributed by atoms with Crippen LogP contribution in [0.3, 0.4) is 0 Å². The summed E-state index contributed by atoms with van der Waals surface area (Å²) in [4.78, 5) is 24.6. The lowest BCUT2D eigenvalue weighted by atomic mass is 10.1. The van der Waals surface area contributed by atoms with E-state index in [9.17, 15) is 18.0 Å². The van der Waals surface area contributed by atoms with Gasteiger partial charge in [0, 0.05) is 33.6 Å². The Kier molecular flexibility index (Phi) is 4.97. The SMILES string of the molecule is Nc1nc(C(F)(F)F)ccc1-c1cnc(C2(NC(=O)c3ccc(Br)cc3)CC2)nc1. The van der Waals surface area contributed by atoms with E-state index in [1.807, 2.05) is 0 Å². The fourth-order valence-electron chi connectivity index (χ4n) is 3.01. The molecule has 1 aromatic carbocycles. The van der Waals surface area contributed by atoms with E-state index in [0.29, 0.717) is 35.4 Å². The molecule has 1 saturated carbocycles. The zero-order valence-corrected chi connectivity index (χ0v) is 17.0. The summed E-state index contributed by atoms with van der Waals surface area (Å²) in [5, 5.41) is 2.97. The zero-order valence-electron chi connectivity index (χ0n) is 15.4. The van der Waals surface area contributed by atoms with Crippen molar-refractivity contribution in [3.63, 3.8) is 0 Å². The quantitative estimate of drug-likeness (QED) is 0.583. The van der Waals surface area contributed by atoms with Gasteiger partial charge < -0.3 is 11.1 Å². The number of alkyl halides is 3. The number of nitrogen functional groups attached to an aromatic ring is 1. The van der Waals surface area contributed by atoms with Crippen molar-refractivity contribution in [2.24, 2.45) is 0 Å². The molecular formula is C20H15BrF3N5O. The maximum atomic E-state index is 12.8. The van der Waals surface area contributed by atoms with Crippen molar-refractivity contribution in [3.8, 4) is 11.1 Å². The fourth-order valence-corrected chi connectivity index (χ4v) is 3.28. The van der Waals surface area contributed by atoms with E-state index in [2.05, 4.69) is 36.2 Å². The van der Waals surface area contributed by atoms with Gasteiger partial charge in [0.2, 0.25) is 0 Å². The Morgan fingerprint density at radius 1 is 1.07 bits per heavy atom. The second kappa shape index (κ2) is 7.35. The van der Waals surface area contributed by atoms with Gasteiger partial charge in [-0.05, 0) is 49.2 Å². The molecule has 6 nitrogen and oxygen atoms in total. The summed E-state index contributed by atoms with van der Waals surface area (Å²) in [7, 11) is 0. The van der Waals surface area contributed by atoms with Gasteiger partial charge in [0.05, 0.1) is 0 Å². The number of rotatable bonds is 4. The molecule has 2 aromatic heterocycles. The average Bonchev–Trinajstić information content (AvgIpc) is 3.48. The van der Waals surface area contributed by atoms with Crippen LogP contribution < -0.4 is 11.1 Å². The second-order valence-corrected chi connectivity index (χ2v) is 7.88. The number of hydrogen-bond donors (Lipinski definition) is 2. The maximum absolute atomic E-state index is 12.8. The van der Waals surface area contributed by atoms with E-state index in [-0.39, 0.29) is 11.7 Å². The molecule has 1 amide bonds. The van der Waals surface area contributed by atoms with Crippen LogP contribution in [0.2, 0.25) is 0 Å². The minimum absolute atomic E-state index is 0.233. The molecule has 1 aliphatic carbocycles. The van der Waals surface area contributed by atoms with E-state index in [1.165, 1.54) is 18.5 Å². The van der Waals surface area contributed by atoms with E-state index in [4.69, 9.17) is 5.73 Å². The molecule has 0 unspecified atom stereocenters. The molecule has 10 heteroatoms. The highest BCUT2D eigenvalue weighted by Gasteiger charge is 2.48. The fraction of sp³-hybridized carbons (Fsp3) is 0.200. The van der Waals surface area contributed by atoms with Gasteiger partial charge in [-0.2, -0.15) is 13.2 Å². The monoisotopic (exact) mass is 477 g/mol. The number of nitrogens with zero attached hydrogens (tertiary/aromatic N) is 3. The van der Waals surface area contributed by atoms with Gasteiger partial charge in [-0.25, -0.2) is 15.0 Å². The average molecular weight is 478 g/mol. The first-order chi connectivity index (χ1) is 14.2. The van der Waals surface area contributed by atoms with Crippen molar-refractivity contribution in [1.82, 2.24) is 20.3 Å². The predicted molar refractivity (Wildman–Crippen MR) is 107 cm³/mol. The number of hydrogen-bond acceptors (Lipinski definition) is 5. The third kappa shape index (κ3) is 4.00. The summed E-state index contributed by atoms with van der Waals surface area (Å²) in [5.41, 5.74) is 5.25. The summed E-state index contributed by atoms with van der Waals surface area (Å²) in [6.07, 6.45) is -0.251. The number of anilines is 1. The number of halogens is 4. The Morgan fingerprint density at radius 3 is 2.23 bits per heavy atom. The lowest BCUT2D eigenvalue weighted by Gasteiger charge is -2.16. The van der Waals surface area contributed by atoms with Crippen molar-refractivity contribution in [2.45, 2.75) is 24.6 Å². The molecule has 4 rings (SSSR count). The van der Waals surface area contributed by atoms with Crippen molar-refractivity contribution in [3.05, 3.63) is 70.3 Å². The van der Waals surface area contributed by atoms with Crippen LogP contribution in [0.15, 0.2) is 53.3 Å². The Morgan fingerprint density at radius 2 is 1.70 bits per heavy atom. The second-order valence-electron chi connectivity index (χ2n) is 6.97. The first kappa shape index (κ1) is 20.3. The first-order valence-corrected chi connectivity index (χ1v) is 9.72. The van der Waals surface area contributed by atoms with Crippen LogP contribution in [0.25, 0.3) is 11.1 Å². The Bertz CT molecular complexity index is 1100. The molecule has 2 heterocycles.